The molecule has 3 heteroatoms. The van der Waals surface area contributed by atoms with Gasteiger partial charge in [-0.25, -0.2) is 0 Å². The van der Waals surface area contributed by atoms with Gasteiger partial charge in [-0.05, 0) is 44.7 Å². The van der Waals surface area contributed by atoms with Gasteiger partial charge in [0.2, 0.25) is 0 Å². The molecule has 0 fully saturated rings. The van der Waals surface area contributed by atoms with Crippen LogP contribution in [0.2, 0.25) is 0 Å². The standard InChI is InChI=1S/C14H21N3/c1-4-16-9-13-8-11-7-12(15)5-6-14(11)17(13)10(2)3/h5-8,10,16H,4,9,15H2,1-3H3. The Kier molecular flexibility index (Phi) is 3.38. The van der Waals surface area contributed by atoms with Crippen LogP contribution in [0.3, 0.4) is 0 Å². The Morgan fingerprint density at radius 3 is 2.71 bits per heavy atom. The Bertz CT molecular complexity index is 511. The van der Waals surface area contributed by atoms with Crippen molar-refractivity contribution in [3.63, 3.8) is 0 Å². The summed E-state index contributed by atoms with van der Waals surface area (Å²) in [7, 11) is 0. The molecule has 17 heavy (non-hydrogen) atoms. The molecule has 0 aliphatic rings. The number of fused-ring (bicyclic) bond motifs is 1. The van der Waals surface area contributed by atoms with Gasteiger partial charge in [-0.3, -0.25) is 0 Å². The lowest BCUT2D eigenvalue weighted by Crippen LogP contribution is -2.16. The van der Waals surface area contributed by atoms with Gasteiger partial charge in [-0.2, -0.15) is 0 Å². The Balaban J connectivity index is 2.53. The number of aromatic nitrogens is 1. The van der Waals surface area contributed by atoms with E-state index in [0.29, 0.717) is 6.04 Å². The minimum absolute atomic E-state index is 0.463. The van der Waals surface area contributed by atoms with Crippen molar-refractivity contribution in [2.75, 3.05) is 12.3 Å². The molecule has 3 N–H and O–H groups in total. The molecule has 0 spiro atoms. The van der Waals surface area contributed by atoms with Crippen molar-refractivity contribution < 1.29 is 0 Å². The lowest BCUT2D eigenvalue weighted by atomic mass is 10.2. The van der Waals surface area contributed by atoms with Crippen LogP contribution in [0.5, 0.6) is 0 Å². The van der Waals surface area contributed by atoms with Gasteiger partial charge >= 0.3 is 0 Å². The summed E-state index contributed by atoms with van der Waals surface area (Å²) in [6, 6.07) is 8.82. The molecule has 2 aromatic rings. The highest BCUT2D eigenvalue weighted by Crippen LogP contribution is 2.25. The second-order valence-electron chi connectivity index (χ2n) is 4.70. The fourth-order valence-electron chi connectivity index (χ4n) is 2.31. The summed E-state index contributed by atoms with van der Waals surface area (Å²) in [6.07, 6.45) is 0. The third-order valence-corrected chi connectivity index (χ3v) is 3.02. The summed E-state index contributed by atoms with van der Waals surface area (Å²) in [5, 5.41) is 4.61. The lowest BCUT2D eigenvalue weighted by molar-refractivity contribution is 0.572. The molecule has 0 aliphatic heterocycles. The van der Waals surface area contributed by atoms with Crippen LogP contribution in [-0.2, 0) is 6.54 Å². The van der Waals surface area contributed by atoms with Gasteiger partial charge in [0.1, 0.15) is 0 Å². The molecule has 1 aromatic carbocycles. The van der Waals surface area contributed by atoms with Crippen molar-refractivity contribution in [2.45, 2.75) is 33.4 Å². The summed E-state index contributed by atoms with van der Waals surface area (Å²) >= 11 is 0. The third-order valence-electron chi connectivity index (χ3n) is 3.02. The highest BCUT2D eigenvalue weighted by Gasteiger charge is 2.10. The first-order valence-electron chi connectivity index (χ1n) is 6.23. The second kappa shape index (κ2) is 4.80. The van der Waals surface area contributed by atoms with Crippen molar-refractivity contribution in [3.8, 4) is 0 Å². The maximum Gasteiger partial charge on any atom is 0.0486 e. The van der Waals surface area contributed by atoms with Gasteiger partial charge in [0.05, 0.1) is 0 Å². The van der Waals surface area contributed by atoms with E-state index in [0.717, 1.165) is 18.8 Å². The summed E-state index contributed by atoms with van der Waals surface area (Å²) in [4.78, 5) is 0. The first kappa shape index (κ1) is 12.0. The number of hydrogen-bond acceptors (Lipinski definition) is 2. The molecule has 92 valence electrons. The fourth-order valence-corrected chi connectivity index (χ4v) is 2.31. The molecule has 0 saturated heterocycles. The van der Waals surface area contributed by atoms with E-state index in [-0.39, 0.29) is 0 Å². The quantitative estimate of drug-likeness (QED) is 0.795. The van der Waals surface area contributed by atoms with Crippen molar-refractivity contribution in [3.05, 3.63) is 30.0 Å². The topological polar surface area (TPSA) is 43.0 Å². The highest BCUT2D eigenvalue weighted by molar-refractivity contribution is 5.84. The van der Waals surface area contributed by atoms with E-state index in [4.69, 9.17) is 5.73 Å². The van der Waals surface area contributed by atoms with E-state index >= 15 is 0 Å². The van der Waals surface area contributed by atoms with E-state index in [1.54, 1.807) is 0 Å². The van der Waals surface area contributed by atoms with E-state index in [2.05, 4.69) is 42.8 Å². The monoisotopic (exact) mass is 231 g/mol. The van der Waals surface area contributed by atoms with E-state index in [1.807, 2.05) is 12.1 Å². The molecule has 0 saturated carbocycles. The minimum atomic E-state index is 0.463. The van der Waals surface area contributed by atoms with Crippen LogP contribution in [0, 0.1) is 0 Å². The number of nitrogens with one attached hydrogen (secondary N) is 1. The zero-order valence-electron chi connectivity index (χ0n) is 10.8. The maximum absolute atomic E-state index is 5.83. The number of nitrogens with zero attached hydrogens (tertiary/aromatic N) is 1. The minimum Gasteiger partial charge on any atom is -0.399 e. The van der Waals surface area contributed by atoms with E-state index < -0.39 is 0 Å². The van der Waals surface area contributed by atoms with Crippen LogP contribution in [-0.4, -0.2) is 11.1 Å². The molecule has 1 heterocycles. The van der Waals surface area contributed by atoms with Crippen molar-refractivity contribution in [1.82, 2.24) is 9.88 Å². The molecule has 0 aliphatic carbocycles. The summed E-state index contributed by atoms with van der Waals surface area (Å²) in [6.45, 7) is 8.45. The lowest BCUT2D eigenvalue weighted by Gasteiger charge is -2.15. The second-order valence-corrected chi connectivity index (χ2v) is 4.70. The Hall–Kier alpha value is -1.48. The first-order valence-corrected chi connectivity index (χ1v) is 6.23. The molecule has 2 rings (SSSR count). The number of rotatable bonds is 4. The van der Waals surface area contributed by atoms with Crippen molar-refractivity contribution >= 4 is 16.6 Å². The van der Waals surface area contributed by atoms with Crippen LogP contribution >= 0.6 is 0 Å². The number of benzene rings is 1. The Morgan fingerprint density at radius 1 is 1.29 bits per heavy atom. The normalized spacial score (nSPS) is 11.5. The molecular weight excluding hydrogens is 210 g/mol. The smallest absolute Gasteiger partial charge is 0.0486 e. The van der Waals surface area contributed by atoms with E-state index in [1.165, 1.54) is 16.6 Å². The van der Waals surface area contributed by atoms with Crippen LogP contribution < -0.4 is 11.1 Å². The van der Waals surface area contributed by atoms with Crippen LogP contribution in [0.4, 0.5) is 5.69 Å². The average Bonchev–Trinajstić information content (AvgIpc) is 2.63. The molecule has 0 atom stereocenters. The molecule has 1 aromatic heterocycles. The number of nitrogens with two attached hydrogens (primary N) is 1. The molecular formula is C14H21N3. The molecule has 3 nitrogen and oxygen atoms in total. The maximum atomic E-state index is 5.83. The summed E-state index contributed by atoms with van der Waals surface area (Å²) in [5.74, 6) is 0. The van der Waals surface area contributed by atoms with Crippen LogP contribution in [0.25, 0.3) is 10.9 Å². The summed E-state index contributed by atoms with van der Waals surface area (Å²) in [5.41, 5.74) is 9.25. The first-order chi connectivity index (χ1) is 8.13. The SMILES string of the molecule is CCNCc1cc2cc(N)ccc2n1C(C)C. The van der Waals surface area contributed by atoms with Gasteiger partial charge in [-0.1, -0.05) is 6.92 Å². The predicted molar refractivity (Wildman–Crippen MR) is 74.1 cm³/mol. The van der Waals surface area contributed by atoms with Gasteiger partial charge in [0.15, 0.2) is 0 Å². The number of nitrogen functional groups attached to an aromatic ring is 1. The zero-order chi connectivity index (χ0) is 12.4. The van der Waals surface area contributed by atoms with Gasteiger partial charge < -0.3 is 15.6 Å². The average molecular weight is 231 g/mol. The molecule has 0 bridgehead atoms. The Labute approximate surface area is 103 Å². The van der Waals surface area contributed by atoms with Crippen molar-refractivity contribution in [2.24, 2.45) is 0 Å². The summed E-state index contributed by atoms with van der Waals surface area (Å²) < 4.78 is 2.37. The number of anilines is 1. The Morgan fingerprint density at radius 2 is 2.06 bits per heavy atom. The van der Waals surface area contributed by atoms with Gasteiger partial charge in [0, 0.05) is 34.9 Å². The highest BCUT2D eigenvalue weighted by atomic mass is 15.0. The molecule has 0 unspecified atom stereocenters. The predicted octanol–water partition coefficient (Wildman–Crippen LogP) is 2.91. The largest absolute Gasteiger partial charge is 0.399 e. The van der Waals surface area contributed by atoms with E-state index in [9.17, 15) is 0 Å². The van der Waals surface area contributed by atoms with Gasteiger partial charge in [0.25, 0.3) is 0 Å². The third kappa shape index (κ3) is 2.29. The van der Waals surface area contributed by atoms with Crippen LogP contribution in [0.15, 0.2) is 24.3 Å². The van der Waals surface area contributed by atoms with Gasteiger partial charge in [-0.15, -0.1) is 0 Å². The fraction of sp³-hybridized carbons (Fsp3) is 0.429. The van der Waals surface area contributed by atoms with Crippen LogP contribution in [0.1, 0.15) is 32.5 Å². The zero-order valence-corrected chi connectivity index (χ0v) is 10.8. The number of hydrogen-bond donors (Lipinski definition) is 2. The van der Waals surface area contributed by atoms with Crippen molar-refractivity contribution in [1.29, 1.82) is 0 Å². The molecule has 0 amide bonds. The molecule has 0 radical (unpaired) electrons.